The van der Waals surface area contributed by atoms with Gasteiger partial charge in [0.15, 0.2) is 11.6 Å². The molecule has 41 nitrogen and oxygen atoms in total. The fourth-order valence-corrected chi connectivity index (χ4v) is 15.0. The first-order valence-corrected chi connectivity index (χ1v) is 40.3. The molecule has 120 heavy (non-hydrogen) atoms. The molecule has 10 heterocycles. The van der Waals surface area contributed by atoms with Crippen LogP contribution in [0.1, 0.15) is 136 Å². The largest absolute Gasteiger partial charge is 0.379 e. The van der Waals surface area contributed by atoms with Gasteiger partial charge in [-0.15, -0.1) is 0 Å². The number of amides is 13. The van der Waals surface area contributed by atoms with Gasteiger partial charge in [0.05, 0.1) is 99.1 Å². The number of ether oxygens (including phenoxy) is 4. The average molecular weight is 1680 g/mol. The minimum atomic E-state index is -0.857. The molecular weight excluding hydrogens is 1580 g/mol. The molecule has 4 atom stereocenters. The maximum atomic E-state index is 13.6. The zero-order chi connectivity index (χ0) is 86.1. The molecule has 0 aliphatic carbocycles. The van der Waals surface area contributed by atoms with E-state index in [0.717, 1.165) is 38.0 Å². The number of nitrogens with two attached hydrogens (primary N) is 1. The predicted octanol–water partition coefficient (Wildman–Crippen LogP) is 2.64. The van der Waals surface area contributed by atoms with Gasteiger partial charge in [-0.05, 0) is 82.2 Å². The van der Waals surface area contributed by atoms with Crippen LogP contribution in [0.25, 0.3) is 0 Å². The quantitative estimate of drug-likeness (QED) is 0.0192. The topological polar surface area (TPSA) is 493 Å². The van der Waals surface area contributed by atoms with Gasteiger partial charge in [0.25, 0.3) is 47.3 Å². The van der Waals surface area contributed by atoms with Crippen LogP contribution in [0.3, 0.4) is 0 Å². The van der Waals surface area contributed by atoms with Crippen LogP contribution in [0.15, 0.2) is 92.2 Å². The molecule has 2 fully saturated rings. The van der Waals surface area contributed by atoms with Gasteiger partial charge in [-0.3, -0.25) is 52.7 Å². The van der Waals surface area contributed by atoms with Crippen molar-refractivity contribution in [1.82, 2.24) is 83.3 Å². The van der Waals surface area contributed by atoms with Crippen molar-refractivity contribution in [2.45, 2.75) is 74.7 Å². The number of unbranched alkanes of at least 4 members (excludes halogenated alkanes) is 1. The number of carbonyl (C=O) groups is 12. The third kappa shape index (κ3) is 26.1. The van der Waals surface area contributed by atoms with Crippen molar-refractivity contribution in [2.75, 3.05) is 142 Å². The van der Waals surface area contributed by atoms with Crippen LogP contribution in [-0.2, 0) is 89.7 Å². The Morgan fingerprint density at radius 2 is 0.875 bits per heavy atom. The van der Waals surface area contributed by atoms with Crippen LogP contribution in [0, 0.1) is 0 Å². The number of anilines is 7. The van der Waals surface area contributed by atoms with Crippen LogP contribution >= 0.6 is 11.8 Å². The third-order valence-electron chi connectivity index (χ3n) is 19.6. The first-order valence-electron chi connectivity index (χ1n) is 39.2. The molecule has 10 rings (SSSR count). The lowest BCUT2D eigenvalue weighted by molar-refractivity contribution is -0.122. The zero-order valence-electron chi connectivity index (χ0n) is 68.7. The molecule has 42 heteroatoms. The van der Waals surface area contributed by atoms with Gasteiger partial charge >= 0.3 is 6.03 Å². The number of urea groups is 1. The number of hydrogen-bond donors (Lipinski definition) is 14. The number of fused-ring (bicyclic) bond motifs is 1. The first-order chi connectivity index (χ1) is 57.5. The van der Waals surface area contributed by atoms with Gasteiger partial charge in [0, 0.05) is 175 Å². The molecule has 8 aromatic rings. The summed E-state index contributed by atoms with van der Waals surface area (Å²) in [6, 6.07) is 8.42. The van der Waals surface area contributed by atoms with Crippen LogP contribution in [0.5, 0.6) is 0 Å². The van der Waals surface area contributed by atoms with E-state index < -0.39 is 53.3 Å². The highest BCUT2D eigenvalue weighted by atomic mass is 32.2. The highest BCUT2D eigenvalue weighted by molar-refractivity contribution is 8.00. The van der Waals surface area contributed by atoms with Gasteiger partial charge in [0.2, 0.25) is 23.5 Å². The first kappa shape index (κ1) is 90.0. The number of rotatable bonds is 47. The third-order valence-corrected chi connectivity index (χ3v) is 21.1. The smallest absolute Gasteiger partial charge is 0.315 e. The SMILES string of the molecule is CN(CCCNC(=O)CCOCCOCCOCCOCCNC(=O)CCCC[C@@H]1SC[C@@H]2NC(=O)N[C@@H]21)CCCNC(=O)c1cc(NC(=O)c2cc(NC(=O)c3cc(NC(=O)c4nc(NC(=O)C[C@@H](N)CNC(=O)c5cc(NC(=O)c6cc(NC(=O)c7cc(NC(=O)c8nccn8C)cn7C)cn6C)cn5C)cn4C)cn3C)cn2C)cn1C. The van der Waals surface area contributed by atoms with Crippen molar-refractivity contribution in [1.29, 1.82) is 0 Å². The van der Waals surface area contributed by atoms with Crippen LogP contribution in [0.4, 0.5) is 44.7 Å². The average Bonchev–Trinajstić information content (AvgIpc) is 1.69. The van der Waals surface area contributed by atoms with E-state index in [1.165, 1.54) is 78.0 Å². The molecule has 646 valence electrons. The number of thioether (sulfide) groups is 1. The Hall–Kier alpha value is -12.4. The summed E-state index contributed by atoms with van der Waals surface area (Å²) in [5.41, 5.74) is 9.45. The maximum absolute atomic E-state index is 13.6. The molecule has 0 bridgehead atoms. The Kier molecular flexibility index (Phi) is 32.5. The van der Waals surface area contributed by atoms with Crippen LogP contribution < -0.4 is 74.9 Å². The lowest BCUT2D eigenvalue weighted by Crippen LogP contribution is -2.40. The minimum absolute atomic E-state index is 0.00735. The second-order valence-electron chi connectivity index (χ2n) is 29.3. The van der Waals surface area contributed by atoms with E-state index in [4.69, 9.17) is 24.7 Å². The lowest BCUT2D eigenvalue weighted by Gasteiger charge is -2.17. The van der Waals surface area contributed by atoms with E-state index in [0.29, 0.717) is 125 Å². The number of nitrogens with one attached hydrogen (secondary N) is 13. The van der Waals surface area contributed by atoms with Gasteiger partial charge in [-0.2, -0.15) is 11.8 Å². The Balaban J connectivity index is 0.541. The maximum Gasteiger partial charge on any atom is 0.315 e. The monoisotopic (exact) mass is 1680 g/mol. The van der Waals surface area contributed by atoms with E-state index in [9.17, 15) is 57.5 Å². The van der Waals surface area contributed by atoms with E-state index in [-0.39, 0.29) is 113 Å². The Morgan fingerprint density at radius 3 is 1.35 bits per heavy atom. The second kappa shape index (κ2) is 43.4. The van der Waals surface area contributed by atoms with Crippen molar-refractivity contribution in [3.63, 3.8) is 0 Å². The Bertz CT molecular complexity index is 4960. The van der Waals surface area contributed by atoms with Crippen molar-refractivity contribution in [2.24, 2.45) is 62.1 Å². The Labute approximate surface area is 696 Å². The molecule has 13 amide bonds. The van der Waals surface area contributed by atoms with E-state index in [1.807, 2.05) is 18.8 Å². The summed E-state index contributed by atoms with van der Waals surface area (Å²) < 4.78 is 34.3. The fraction of sp³-hybridized carbons (Fsp3) is 0.462. The lowest BCUT2D eigenvalue weighted by atomic mass is 10.0. The van der Waals surface area contributed by atoms with Gasteiger partial charge < -0.3 is 135 Å². The molecular formula is C78H107N25O16S. The second-order valence-corrected chi connectivity index (χ2v) is 30.5. The molecule has 2 saturated heterocycles. The van der Waals surface area contributed by atoms with Crippen molar-refractivity contribution in [3.8, 4) is 0 Å². The summed E-state index contributed by atoms with van der Waals surface area (Å²) >= 11 is 1.88. The molecule has 0 saturated carbocycles. The predicted molar refractivity (Wildman–Crippen MR) is 447 cm³/mol. The number of hydrogen-bond acceptors (Lipinski definition) is 21. The Morgan fingerprint density at radius 1 is 0.458 bits per heavy atom. The highest BCUT2D eigenvalue weighted by Crippen LogP contribution is 2.33. The summed E-state index contributed by atoms with van der Waals surface area (Å²) in [7, 11) is 15.0. The summed E-state index contributed by atoms with van der Waals surface area (Å²) in [5, 5.41) is 37.0. The number of aromatic nitrogens is 10. The standard InChI is InChI=1S/C78H107N25O16S/c1-95(21-12-17-80-65(105)16-24-116-26-28-118-30-31-119-29-27-117-25-20-81-64(104)15-11-10-14-62-67-55(47-120-62)91-78(115)94-67)22-13-18-83-70(107)56-33-49(40-97(56)3)85-72(109)58-35-52(43-99(58)5)88-75(112)61-38-54(45-102(61)8)90-77(114)69-93-63(46-103(69)9)92-66(106)32-48(79)39-84-71(108)57-34-50(41-98(57)4)86-73(110)59-36-51(42-100(59)6)87-74(111)60-37-53(44-101(60)7)89-76(113)68-82-19-23-96(68)2/h19,23,33-38,40-46,48,55,62,67H,10-18,20-22,24-32,39,47,79H2,1-9H3,(H,80,105)(H,81,104)(H,83,107)(H,84,108)(H,85,109)(H,86,110)(H,87,111)(H,88,112)(H,89,113)(H,90,114)(H,92,106)(H2,91,94,115)/t48-,55+,62+,67+/m1/s1. The summed E-state index contributed by atoms with van der Waals surface area (Å²) in [6.07, 6.45) is 18.5. The van der Waals surface area contributed by atoms with E-state index in [1.54, 1.807) is 107 Å². The normalized spacial score (nSPS) is 14.4. The minimum Gasteiger partial charge on any atom is -0.379 e. The van der Waals surface area contributed by atoms with Gasteiger partial charge in [-0.25, -0.2) is 14.8 Å². The molecule has 0 radical (unpaired) electrons. The number of carbonyl (C=O) groups excluding carboxylic acids is 12. The van der Waals surface area contributed by atoms with Crippen LogP contribution in [0.2, 0.25) is 0 Å². The highest BCUT2D eigenvalue weighted by Gasteiger charge is 2.42. The summed E-state index contributed by atoms with van der Waals surface area (Å²) in [5.74, 6) is -3.64. The molecule has 2 aliphatic rings. The van der Waals surface area contributed by atoms with Crippen molar-refractivity contribution >= 4 is 123 Å². The number of aryl methyl sites for hydroxylation is 8. The van der Waals surface area contributed by atoms with E-state index in [2.05, 4.69) is 84.0 Å². The van der Waals surface area contributed by atoms with Crippen molar-refractivity contribution < 1.29 is 76.5 Å². The van der Waals surface area contributed by atoms with Gasteiger partial charge in [0.1, 0.15) is 34.2 Å². The molecule has 2 aliphatic heterocycles. The molecule has 0 aromatic carbocycles. The number of imidazole rings is 2. The van der Waals surface area contributed by atoms with E-state index >= 15 is 0 Å². The molecule has 8 aromatic heterocycles. The fourth-order valence-electron chi connectivity index (χ4n) is 13.4. The molecule has 0 unspecified atom stereocenters. The number of nitrogens with zero attached hydrogens (tertiary/aromatic N) is 11. The summed E-state index contributed by atoms with van der Waals surface area (Å²) in [4.78, 5) is 167. The molecule has 15 N–H and O–H groups in total. The van der Waals surface area contributed by atoms with Gasteiger partial charge in [-0.1, -0.05) is 6.42 Å². The van der Waals surface area contributed by atoms with Crippen molar-refractivity contribution in [3.05, 3.63) is 138 Å². The zero-order valence-corrected chi connectivity index (χ0v) is 69.5. The molecule has 0 spiro atoms. The summed E-state index contributed by atoms with van der Waals surface area (Å²) in [6.45, 7) is 5.64. The van der Waals surface area contributed by atoms with Crippen LogP contribution in [-0.4, -0.2) is 251 Å².